The maximum absolute atomic E-state index is 10.8. The van der Waals surface area contributed by atoms with E-state index >= 15 is 0 Å². The van der Waals surface area contributed by atoms with Gasteiger partial charge >= 0.3 is 0 Å². The lowest BCUT2D eigenvalue weighted by Crippen LogP contribution is -3.13. The lowest BCUT2D eigenvalue weighted by atomic mass is 10.1. The van der Waals surface area contributed by atoms with Gasteiger partial charge in [0.25, 0.3) is 11.5 Å². The third kappa shape index (κ3) is 3.40. The van der Waals surface area contributed by atoms with Crippen LogP contribution in [-0.4, -0.2) is 31.1 Å². The molecule has 0 amide bonds. The number of rotatable bonds is 4. The highest BCUT2D eigenvalue weighted by molar-refractivity contribution is 5.34. The van der Waals surface area contributed by atoms with Crippen LogP contribution in [0.2, 0.25) is 0 Å². The number of non-ortho nitro benzene ring substituents is 1. The molecule has 0 unspecified atom stereocenters. The molecule has 0 radical (unpaired) electrons. The van der Waals surface area contributed by atoms with Gasteiger partial charge in [0, 0.05) is 23.8 Å². The summed E-state index contributed by atoms with van der Waals surface area (Å²) < 4.78 is 0. The first kappa shape index (κ1) is 14.5. The molecule has 1 aliphatic heterocycles. The molecule has 2 N–H and O–H groups in total. The number of quaternary nitrogens is 1. The number of nitrogens with zero attached hydrogens (tertiary/aromatic N) is 2. The van der Waals surface area contributed by atoms with Gasteiger partial charge in [0.1, 0.15) is 32.7 Å². The Kier molecular flexibility index (Phi) is 4.29. The normalized spacial score (nSPS) is 15.7. The number of nitro groups is 1. The van der Waals surface area contributed by atoms with Gasteiger partial charge in [-0.05, 0) is 6.07 Å². The van der Waals surface area contributed by atoms with Gasteiger partial charge < -0.3 is 4.90 Å². The molecule has 1 fully saturated rings. The third-order valence-corrected chi connectivity index (χ3v) is 4.08. The lowest BCUT2D eigenvalue weighted by molar-refractivity contribution is -0.914. The number of H-pyrrole nitrogens is 1. The minimum atomic E-state index is -0.331. The van der Waals surface area contributed by atoms with E-state index < -0.39 is 0 Å². The fourth-order valence-electron chi connectivity index (χ4n) is 2.89. The van der Waals surface area contributed by atoms with Crippen LogP contribution in [0.25, 0.3) is 0 Å². The van der Waals surface area contributed by atoms with Crippen LogP contribution in [0.15, 0.2) is 48.7 Å². The van der Waals surface area contributed by atoms with E-state index in [1.54, 1.807) is 18.2 Å². The van der Waals surface area contributed by atoms with E-state index in [4.69, 9.17) is 0 Å². The Bertz CT molecular complexity index is 640. The number of aromatic nitrogens is 1. The van der Waals surface area contributed by atoms with Crippen molar-refractivity contribution in [3.05, 3.63) is 64.3 Å². The molecule has 6 heteroatoms. The Morgan fingerprint density at radius 1 is 1.18 bits per heavy atom. The topological polar surface area (TPSA) is 65.0 Å². The molecule has 0 spiro atoms. The summed E-state index contributed by atoms with van der Waals surface area (Å²) in [6.07, 6.45) is 1.94. The van der Waals surface area contributed by atoms with E-state index in [2.05, 4.69) is 16.0 Å². The Morgan fingerprint density at radius 3 is 2.68 bits per heavy atom. The van der Waals surface area contributed by atoms with Crippen LogP contribution in [-0.2, 0) is 6.54 Å². The Hall–Kier alpha value is -2.47. The quantitative estimate of drug-likeness (QED) is 0.653. The van der Waals surface area contributed by atoms with E-state index in [-0.39, 0.29) is 10.6 Å². The molecule has 1 aromatic carbocycles. The molecule has 1 aromatic heterocycles. The Morgan fingerprint density at radius 2 is 2.00 bits per heavy atom. The summed E-state index contributed by atoms with van der Waals surface area (Å²) in [5.74, 6) is 1.15. The predicted octanol–water partition coefficient (Wildman–Crippen LogP) is 0.314. The number of hydrogen-bond acceptors (Lipinski definition) is 3. The number of piperazine rings is 1. The van der Waals surface area contributed by atoms with Crippen LogP contribution < -0.4 is 14.8 Å². The summed E-state index contributed by atoms with van der Waals surface area (Å²) in [5, 5.41) is 10.8. The van der Waals surface area contributed by atoms with Crippen molar-refractivity contribution in [2.75, 3.05) is 31.1 Å². The number of nitrogens with one attached hydrogen (secondary N) is 2. The molecule has 3 rings (SSSR count). The number of benzene rings is 1. The molecular formula is C16H20N4O2+2. The largest absolute Gasteiger partial charge is 0.325 e. The molecule has 0 saturated carbocycles. The average Bonchev–Trinajstić information content (AvgIpc) is 2.56. The molecule has 6 nitrogen and oxygen atoms in total. The monoisotopic (exact) mass is 300 g/mol. The van der Waals surface area contributed by atoms with Gasteiger partial charge in [-0.15, -0.1) is 0 Å². The second kappa shape index (κ2) is 6.53. The second-order valence-corrected chi connectivity index (χ2v) is 5.59. The van der Waals surface area contributed by atoms with Crippen molar-refractivity contribution in [2.45, 2.75) is 6.54 Å². The van der Waals surface area contributed by atoms with Crippen LogP contribution >= 0.6 is 0 Å². The zero-order chi connectivity index (χ0) is 15.4. The maximum atomic E-state index is 10.8. The molecule has 1 saturated heterocycles. The van der Waals surface area contributed by atoms with E-state index in [0.717, 1.165) is 44.1 Å². The van der Waals surface area contributed by atoms with Crippen LogP contribution in [0.5, 0.6) is 0 Å². The summed E-state index contributed by atoms with van der Waals surface area (Å²) in [5.41, 5.74) is 1.21. The Balaban J connectivity index is 1.58. The summed E-state index contributed by atoms with van der Waals surface area (Å²) in [4.78, 5) is 17.6. The highest BCUT2D eigenvalue weighted by atomic mass is 16.6. The van der Waals surface area contributed by atoms with E-state index in [1.165, 1.54) is 4.90 Å². The molecule has 2 heterocycles. The molecule has 22 heavy (non-hydrogen) atoms. The van der Waals surface area contributed by atoms with Crippen LogP contribution in [0.3, 0.4) is 0 Å². The number of hydrogen-bond donors (Lipinski definition) is 1. The zero-order valence-electron chi connectivity index (χ0n) is 12.4. The fraction of sp³-hybridized carbons (Fsp3) is 0.312. The standard InChI is InChI=1S/C16H18N4O2/c21-20(22)15-5-3-4-14(12-15)13-18-8-10-19(11-9-18)16-6-1-2-7-17-16/h1-7,12H,8-11,13H2/p+2. The summed E-state index contributed by atoms with van der Waals surface area (Å²) in [6, 6.07) is 13.1. The SMILES string of the molecule is O=[N+]([O-])c1cccc(C[NH+]2CCN(c3cccc[nH+]3)CC2)c1. The van der Waals surface area contributed by atoms with Crippen molar-refractivity contribution < 1.29 is 14.8 Å². The first-order valence-corrected chi connectivity index (χ1v) is 7.51. The lowest BCUT2D eigenvalue weighted by Gasteiger charge is -2.28. The summed E-state index contributed by atoms with van der Waals surface area (Å²) in [7, 11) is 0. The van der Waals surface area contributed by atoms with Gasteiger partial charge in [-0.25, -0.2) is 4.98 Å². The van der Waals surface area contributed by atoms with Gasteiger partial charge in [0.2, 0.25) is 0 Å². The van der Waals surface area contributed by atoms with Crippen molar-refractivity contribution in [3.8, 4) is 0 Å². The molecule has 0 atom stereocenters. The third-order valence-electron chi connectivity index (χ3n) is 4.08. The minimum Gasteiger partial charge on any atom is -0.325 e. The Labute approximate surface area is 129 Å². The smallest absolute Gasteiger partial charge is 0.274 e. The summed E-state index contributed by atoms with van der Waals surface area (Å²) >= 11 is 0. The van der Waals surface area contributed by atoms with Crippen LogP contribution in [0.1, 0.15) is 5.56 Å². The molecule has 0 bridgehead atoms. The van der Waals surface area contributed by atoms with Crippen molar-refractivity contribution >= 4 is 11.5 Å². The van der Waals surface area contributed by atoms with E-state index in [9.17, 15) is 10.1 Å². The predicted molar refractivity (Wildman–Crippen MR) is 82.7 cm³/mol. The fourth-order valence-corrected chi connectivity index (χ4v) is 2.89. The average molecular weight is 300 g/mol. The van der Waals surface area contributed by atoms with E-state index in [1.807, 2.05) is 24.4 Å². The number of pyridine rings is 1. The number of aromatic amines is 1. The second-order valence-electron chi connectivity index (χ2n) is 5.59. The van der Waals surface area contributed by atoms with Gasteiger partial charge in [-0.2, -0.15) is 0 Å². The van der Waals surface area contributed by atoms with Crippen molar-refractivity contribution in [3.63, 3.8) is 0 Å². The van der Waals surface area contributed by atoms with Crippen LogP contribution in [0, 0.1) is 10.1 Å². The van der Waals surface area contributed by atoms with Gasteiger partial charge in [-0.3, -0.25) is 15.0 Å². The molecule has 0 aliphatic carbocycles. The first-order valence-electron chi connectivity index (χ1n) is 7.51. The van der Waals surface area contributed by atoms with Gasteiger partial charge in [-0.1, -0.05) is 18.2 Å². The zero-order valence-corrected chi connectivity index (χ0v) is 12.4. The van der Waals surface area contributed by atoms with Crippen LogP contribution in [0.4, 0.5) is 11.5 Å². The number of nitro benzene ring substituents is 1. The van der Waals surface area contributed by atoms with Gasteiger partial charge in [0.05, 0.1) is 11.1 Å². The minimum absolute atomic E-state index is 0.175. The first-order chi connectivity index (χ1) is 10.7. The van der Waals surface area contributed by atoms with E-state index in [0.29, 0.717) is 0 Å². The van der Waals surface area contributed by atoms with Crippen molar-refractivity contribution in [2.24, 2.45) is 0 Å². The highest BCUT2D eigenvalue weighted by Gasteiger charge is 2.26. The highest BCUT2D eigenvalue weighted by Crippen LogP contribution is 2.12. The molecule has 2 aromatic rings. The number of anilines is 1. The molecular weight excluding hydrogens is 280 g/mol. The molecule has 114 valence electrons. The van der Waals surface area contributed by atoms with Crippen molar-refractivity contribution in [1.29, 1.82) is 0 Å². The summed E-state index contributed by atoms with van der Waals surface area (Å²) in [6.45, 7) is 4.89. The van der Waals surface area contributed by atoms with Gasteiger partial charge in [0.15, 0.2) is 0 Å². The molecule has 1 aliphatic rings. The maximum Gasteiger partial charge on any atom is 0.274 e. The van der Waals surface area contributed by atoms with Crippen molar-refractivity contribution in [1.82, 2.24) is 0 Å².